The molecule has 6 heteroatoms. The van der Waals surface area contributed by atoms with Gasteiger partial charge < -0.3 is 16.2 Å². The van der Waals surface area contributed by atoms with Gasteiger partial charge in [0.15, 0.2) is 11.0 Å². The van der Waals surface area contributed by atoms with Crippen LogP contribution in [0.4, 0.5) is 11.4 Å². The Balaban J connectivity index is 2.45. The van der Waals surface area contributed by atoms with Gasteiger partial charge in [-0.25, -0.2) is 4.63 Å². The summed E-state index contributed by atoms with van der Waals surface area (Å²) in [4.78, 5) is 0. The molecule has 6 nitrogen and oxygen atoms in total. The SMILES string of the molecule is Nc1ccc(NCCO)c2nonc12. The fraction of sp³-hybridized carbons (Fsp3) is 0.250. The zero-order chi connectivity index (χ0) is 9.97. The van der Waals surface area contributed by atoms with E-state index in [-0.39, 0.29) is 6.61 Å². The quantitative estimate of drug-likeness (QED) is 0.604. The summed E-state index contributed by atoms with van der Waals surface area (Å²) in [6.07, 6.45) is 0. The molecule has 2 rings (SSSR count). The molecule has 0 unspecified atom stereocenters. The van der Waals surface area contributed by atoms with Crippen LogP contribution in [0.5, 0.6) is 0 Å². The number of hydrogen-bond acceptors (Lipinski definition) is 6. The average molecular weight is 194 g/mol. The van der Waals surface area contributed by atoms with Crippen LogP contribution in [-0.2, 0) is 0 Å². The van der Waals surface area contributed by atoms with E-state index in [4.69, 9.17) is 10.8 Å². The molecule has 1 aromatic heterocycles. The number of rotatable bonds is 3. The van der Waals surface area contributed by atoms with Gasteiger partial charge in [-0.3, -0.25) is 0 Å². The molecule has 4 N–H and O–H groups in total. The fourth-order valence-corrected chi connectivity index (χ4v) is 1.22. The zero-order valence-corrected chi connectivity index (χ0v) is 7.40. The van der Waals surface area contributed by atoms with Crippen molar-refractivity contribution in [2.24, 2.45) is 0 Å². The van der Waals surface area contributed by atoms with E-state index in [9.17, 15) is 0 Å². The normalized spacial score (nSPS) is 10.6. The second-order valence-electron chi connectivity index (χ2n) is 2.81. The summed E-state index contributed by atoms with van der Waals surface area (Å²) in [5.74, 6) is 0. The molecule has 0 aliphatic carbocycles. The molecule has 0 saturated heterocycles. The molecule has 14 heavy (non-hydrogen) atoms. The lowest BCUT2D eigenvalue weighted by atomic mass is 10.2. The molecule has 0 amide bonds. The maximum atomic E-state index is 8.66. The first-order valence-electron chi connectivity index (χ1n) is 4.18. The van der Waals surface area contributed by atoms with Crippen molar-refractivity contribution in [1.82, 2.24) is 10.3 Å². The Labute approximate surface area is 79.7 Å². The van der Waals surface area contributed by atoms with Gasteiger partial charge in [-0.2, -0.15) is 0 Å². The maximum absolute atomic E-state index is 8.66. The van der Waals surface area contributed by atoms with Gasteiger partial charge in [-0.05, 0) is 22.4 Å². The van der Waals surface area contributed by atoms with Gasteiger partial charge in [0.25, 0.3) is 0 Å². The highest BCUT2D eigenvalue weighted by Crippen LogP contribution is 2.24. The Morgan fingerprint density at radius 1 is 1.36 bits per heavy atom. The summed E-state index contributed by atoms with van der Waals surface area (Å²) in [7, 11) is 0. The van der Waals surface area contributed by atoms with E-state index < -0.39 is 0 Å². The number of nitrogens with one attached hydrogen (secondary N) is 1. The second-order valence-corrected chi connectivity index (χ2v) is 2.81. The van der Waals surface area contributed by atoms with E-state index >= 15 is 0 Å². The molecule has 0 bridgehead atoms. The monoisotopic (exact) mass is 194 g/mol. The largest absolute Gasteiger partial charge is 0.397 e. The molecule has 0 fully saturated rings. The van der Waals surface area contributed by atoms with Crippen molar-refractivity contribution in [3.05, 3.63) is 12.1 Å². The number of aliphatic hydroxyl groups excluding tert-OH is 1. The van der Waals surface area contributed by atoms with E-state index in [0.29, 0.717) is 23.3 Å². The number of aromatic nitrogens is 2. The Bertz CT molecular complexity index is 440. The lowest BCUT2D eigenvalue weighted by Gasteiger charge is -2.04. The van der Waals surface area contributed by atoms with Crippen molar-refractivity contribution in [3.8, 4) is 0 Å². The molecule has 0 aliphatic heterocycles. The van der Waals surface area contributed by atoms with Gasteiger partial charge >= 0.3 is 0 Å². The highest BCUT2D eigenvalue weighted by atomic mass is 16.6. The van der Waals surface area contributed by atoms with E-state index in [1.807, 2.05) is 0 Å². The van der Waals surface area contributed by atoms with Crippen LogP contribution in [0.15, 0.2) is 16.8 Å². The van der Waals surface area contributed by atoms with Crippen LogP contribution in [-0.4, -0.2) is 28.6 Å². The first-order valence-corrected chi connectivity index (χ1v) is 4.18. The lowest BCUT2D eigenvalue weighted by Crippen LogP contribution is -2.06. The van der Waals surface area contributed by atoms with E-state index in [0.717, 1.165) is 5.69 Å². The topological polar surface area (TPSA) is 97.2 Å². The molecular weight excluding hydrogens is 184 g/mol. The Morgan fingerprint density at radius 2 is 2.14 bits per heavy atom. The Kier molecular flexibility index (Phi) is 2.19. The minimum absolute atomic E-state index is 0.0527. The van der Waals surface area contributed by atoms with Gasteiger partial charge in [0.2, 0.25) is 0 Å². The zero-order valence-electron chi connectivity index (χ0n) is 7.40. The lowest BCUT2D eigenvalue weighted by molar-refractivity contribution is 0.310. The molecule has 74 valence electrons. The average Bonchev–Trinajstić information content (AvgIpc) is 2.66. The summed E-state index contributed by atoms with van der Waals surface area (Å²) in [6, 6.07) is 3.49. The van der Waals surface area contributed by atoms with Crippen LogP contribution in [0.3, 0.4) is 0 Å². The third-order valence-electron chi connectivity index (χ3n) is 1.87. The number of hydrogen-bond donors (Lipinski definition) is 3. The third-order valence-corrected chi connectivity index (χ3v) is 1.87. The van der Waals surface area contributed by atoms with Gasteiger partial charge in [0, 0.05) is 6.54 Å². The second kappa shape index (κ2) is 3.51. The predicted molar refractivity (Wildman–Crippen MR) is 51.8 cm³/mol. The van der Waals surface area contributed by atoms with E-state index in [1.54, 1.807) is 12.1 Å². The number of nitrogens with zero attached hydrogens (tertiary/aromatic N) is 2. The van der Waals surface area contributed by atoms with Crippen molar-refractivity contribution >= 4 is 22.4 Å². The fourth-order valence-electron chi connectivity index (χ4n) is 1.22. The van der Waals surface area contributed by atoms with Crippen LogP contribution < -0.4 is 11.1 Å². The van der Waals surface area contributed by atoms with Crippen molar-refractivity contribution in [1.29, 1.82) is 0 Å². The molecule has 1 heterocycles. The highest BCUT2D eigenvalue weighted by molar-refractivity contribution is 5.94. The van der Waals surface area contributed by atoms with Crippen molar-refractivity contribution in [2.75, 3.05) is 24.2 Å². The first-order chi connectivity index (χ1) is 6.83. The minimum Gasteiger partial charge on any atom is -0.397 e. The summed E-state index contributed by atoms with van der Waals surface area (Å²) < 4.78 is 4.58. The summed E-state index contributed by atoms with van der Waals surface area (Å²) in [5, 5.41) is 19.0. The third kappa shape index (κ3) is 1.35. The number of nitrogen functional groups attached to an aromatic ring is 1. The summed E-state index contributed by atoms with van der Waals surface area (Å²) >= 11 is 0. The molecule has 0 saturated carbocycles. The van der Waals surface area contributed by atoms with Crippen molar-refractivity contribution < 1.29 is 9.74 Å². The molecule has 0 radical (unpaired) electrons. The Morgan fingerprint density at radius 3 is 2.93 bits per heavy atom. The number of anilines is 2. The molecule has 1 aromatic carbocycles. The summed E-state index contributed by atoms with van der Waals surface area (Å²) in [6.45, 7) is 0.503. The molecule has 0 atom stereocenters. The number of nitrogens with two attached hydrogens (primary N) is 1. The van der Waals surface area contributed by atoms with Crippen LogP contribution in [0, 0.1) is 0 Å². The maximum Gasteiger partial charge on any atom is 0.160 e. The van der Waals surface area contributed by atoms with Crippen LogP contribution >= 0.6 is 0 Å². The van der Waals surface area contributed by atoms with Crippen LogP contribution in [0.2, 0.25) is 0 Å². The molecule has 0 aliphatic rings. The van der Waals surface area contributed by atoms with Gasteiger partial charge in [-0.15, -0.1) is 0 Å². The first kappa shape index (κ1) is 8.76. The van der Waals surface area contributed by atoms with Gasteiger partial charge in [0.05, 0.1) is 18.0 Å². The standard InChI is InChI=1S/C8H10N4O2/c9-5-1-2-6(10-3-4-13)8-7(5)11-14-12-8/h1-2,10,13H,3-4,9H2. The van der Waals surface area contributed by atoms with Gasteiger partial charge in [-0.1, -0.05) is 0 Å². The van der Waals surface area contributed by atoms with Crippen LogP contribution in [0.1, 0.15) is 0 Å². The van der Waals surface area contributed by atoms with E-state index in [2.05, 4.69) is 20.3 Å². The summed E-state index contributed by atoms with van der Waals surface area (Å²) in [5.41, 5.74) is 8.05. The van der Waals surface area contributed by atoms with E-state index in [1.165, 1.54) is 0 Å². The smallest absolute Gasteiger partial charge is 0.160 e. The molecule has 2 aromatic rings. The van der Waals surface area contributed by atoms with Gasteiger partial charge in [0.1, 0.15) is 0 Å². The molecule has 0 spiro atoms. The predicted octanol–water partition coefficient (Wildman–Crippen LogP) is 0.209. The minimum atomic E-state index is 0.0527. The highest BCUT2D eigenvalue weighted by Gasteiger charge is 2.08. The number of aliphatic hydroxyl groups is 1. The number of fused-ring (bicyclic) bond motifs is 1. The Hall–Kier alpha value is -1.82. The van der Waals surface area contributed by atoms with Crippen LogP contribution in [0.25, 0.3) is 11.0 Å². The molecular formula is C8H10N4O2. The van der Waals surface area contributed by atoms with Crippen molar-refractivity contribution in [3.63, 3.8) is 0 Å². The number of benzene rings is 1. The van der Waals surface area contributed by atoms with Crippen molar-refractivity contribution in [2.45, 2.75) is 0 Å².